The molecular formula is C16H23NO3S. The van der Waals surface area contributed by atoms with E-state index < -0.39 is 11.9 Å². The van der Waals surface area contributed by atoms with Gasteiger partial charge in [-0.15, -0.1) is 11.3 Å². The third-order valence-corrected chi connectivity index (χ3v) is 5.17. The number of carboxylic acid groups (broad SMARTS) is 1. The fourth-order valence-corrected chi connectivity index (χ4v) is 4.17. The van der Waals surface area contributed by atoms with E-state index in [1.54, 1.807) is 11.3 Å². The Balaban J connectivity index is 1.92. The fourth-order valence-electron chi connectivity index (χ4n) is 3.15. The van der Waals surface area contributed by atoms with Gasteiger partial charge in [0.15, 0.2) is 0 Å². The number of aliphatic carboxylic acids is 1. The molecule has 2 rings (SSSR count). The van der Waals surface area contributed by atoms with Gasteiger partial charge in [-0.2, -0.15) is 0 Å². The summed E-state index contributed by atoms with van der Waals surface area (Å²) in [6.07, 6.45) is 2.07. The predicted molar refractivity (Wildman–Crippen MR) is 83.4 cm³/mol. The van der Waals surface area contributed by atoms with Crippen molar-refractivity contribution in [1.29, 1.82) is 0 Å². The van der Waals surface area contributed by atoms with Gasteiger partial charge in [-0.25, -0.2) is 0 Å². The van der Waals surface area contributed by atoms with Crippen molar-refractivity contribution in [3.8, 4) is 0 Å². The van der Waals surface area contributed by atoms with Gasteiger partial charge in [0.25, 0.3) is 0 Å². The summed E-state index contributed by atoms with van der Waals surface area (Å²) in [6.45, 7) is 6.05. The molecule has 1 aliphatic rings. The largest absolute Gasteiger partial charge is 0.481 e. The molecule has 1 aromatic heterocycles. The number of nitrogens with one attached hydrogen (secondary N) is 1. The van der Waals surface area contributed by atoms with E-state index in [1.165, 1.54) is 9.75 Å². The minimum absolute atomic E-state index is 0.0286. The van der Waals surface area contributed by atoms with Crippen LogP contribution in [0.15, 0.2) is 12.1 Å². The second-order valence-electron chi connectivity index (χ2n) is 6.25. The lowest BCUT2D eigenvalue weighted by Crippen LogP contribution is -2.40. The second kappa shape index (κ2) is 6.60. The number of hydrogen-bond donors (Lipinski definition) is 2. The lowest BCUT2D eigenvalue weighted by atomic mass is 9.95. The number of aryl methyl sites for hydroxylation is 1. The maximum Gasteiger partial charge on any atom is 0.307 e. The molecule has 1 heterocycles. The molecule has 116 valence electrons. The highest BCUT2D eigenvalue weighted by atomic mass is 32.1. The molecule has 0 bridgehead atoms. The smallest absolute Gasteiger partial charge is 0.307 e. The Morgan fingerprint density at radius 1 is 1.38 bits per heavy atom. The average molecular weight is 309 g/mol. The van der Waals surface area contributed by atoms with Crippen molar-refractivity contribution in [1.82, 2.24) is 5.32 Å². The zero-order valence-corrected chi connectivity index (χ0v) is 13.6. The van der Waals surface area contributed by atoms with Crippen molar-refractivity contribution in [3.63, 3.8) is 0 Å². The van der Waals surface area contributed by atoms with Crippen LogP contribution in [0.5, 0.6) is 0 Å². The number of carbonyl (C=O) groups is 2. The number of hydrogen-bond acceptors (Lipinski definition) is 3. The molecule has 0 spiro atoms. The monoisotopic (exact) mass is 309 g/mol. The number of carboxylic acids is 1. The minimum Gasteiger partial charge on any atom is -0.481 e. The minimum atomic E-state index is -0.846. The molecule has 0 radical (unpaired) electrons. The van der Waals surface area contributed by atoms with Crippen LogP contribution in [0.3, 0.4) is 0 Å². The van der Waals surface area contributed by atoms with Crippen LogP contribution in [0.2, 0.25) is 0 Å². The highest BCUT2D eigenvalue weighted by Gasteiger charge is 2.41. The quantitative estimate of drug-likeness (QED) is 0.879. The normalized spacial score (nSPS) is 26.5. The maximum absolute atomic E-state index is 12.3. The van der Waals surface area contributed by atoms with Crippen molar-refractivity contribution < 1.29 is 14.7 Å². The molecule has 4 atom stereocenters. The van der Waals surface area contributed by atoms with E-state index in [0.717, 1.165) is 6.42 Å². The fraction of sp³-hybridized carbons (Fsp3) is 0.625. The molecule has 0 aromatic carbocycles. The summed E-state index contributed by atoms with van der Waals surface area (Å²) in [6, 6.07) is 4.19. The van der Waals surface area contributed by atoms with Gasteiger partial charge in [0.05, 0.1) is 11.8 Å². The SMILES string of the molecule is Cc1ccc(CC(C)NC(=O)C2CC(C)CC2C(=O)O)s1. The zero-order valence-electron chi connectivity index (χ0n) is 12.8. The topological polar surface area (TPSA) is 66.4 Å². The second-order valence-corrected chi connectivity index (χ2v) is 7.63. The Bertz CT molecular complexity index is 525. The lowest BCUT2D eigenvalue weighted by molar-refractivity contribution is -0.146. The Morgan fingerprint density at radius 3 is 2.62 bits per heavy atom. The van der Waals surface area contributed by atoms with Gasteiger partial charge in [0, 0.05) is 22.2 Å². The third-order valence-electron chi connectivity index (χ3n) is 4.14. The summed E-state index contributed by atoms with van der Waals surface area (Å²) in [7, 11) is 0. The molecule has 1 fully saturated rings. The van der Waals surface area contributed by atoms with E-state index in [1.807, 2.05) is 13.8 Å². The summed E-state index contributed by atoms with van der Waals surface area (Å²) in [4.78, 5) is 26.1. The summed E-state index contributed by atoms with van der Waals surface area (Å²) in [5, 5.41) is 12.2. The van der Waals surface area contributed by atoms with Crippen molar-refractivity contribution in [2.45, 2.75) is 46.1 Å². The van der Waals surface area contributed by atoms with Gasteiger partial charge in [-0.05, 0) is 44.7 Å². The molecule has 0 aliphatic heterocycles. The number of amides is 1. The Morgan fingerprint density at radius 2 is 2.05 bits per heavy atom. The van der Waals surface area contributed by atoms with Crippen LogP contribution < -0.4 is 5.32 Å². The Labute approximate surface area is 129 Å². The standard InChI is InChI=1S/C16H23NO3S/c1-9-6-13(14(7-9)16(19)20)15(18)17-10(2)8-12-5-4-11(3)21-12/h4-5,9-10,13-14H,6-8H2,1-3H3,(H,17,18)(H,19,20). The first-order valence-electron chi connectivity index (χ1n) is 7.45. The summed E-state index contributed by atoms with van der Waals surface area (Å²) in [5.74, 6) is -1.56. The van der Waals surface area contributed by atoms with E-state index in [-0.39, 0.29) is 17.9 Å². The van der Waals surface area contributed by atoms with E-state index in [9.17, 15) is 14.7 Å². The molecule has 1 aliphatic carbocycles. The van der Waals surface area contributed by atoms with E-state index in [2.05, 4.69) is 24.4 Å². The summed E-state index contributed by atoms with van der Waals surface area (Å²) in [5.41, 5.74) is 0. The predicted octanol–water partition coefficient (Wildman–Crippen LogP) is 2.85. The van der Waals surface area contributed by atoms with Crippen LogP contribution in [0.4, 0.5) is 0 Å². The summed E-state index contributed by atoms with van der Waals surface area (Å²) >= 11 is 1.74. The van der Waals surface area contributed by atoms with Crippen LogP contribution >= 0.6 is 11.3 Å². The van der Waals surface area contributed by atoms with Gasteiger partial charge >= 0.3 is 5.97 Å². The highest BCUT2D eigenvalue weighted by Crippen LogP contribution is 2.36. The van der Waals surface area contributed by atoms with E-state index >= 15 is 0 Å². The molecule has 4 unspecified atom stereocenters. The molecule has 1 aromatic rings. The number of carbonyl (C=O) groups excluding carboxylic acids is 1. The Kier molecular flexibility index (Phi) is 5.04. The molecule has 1 amide bonds. The molecular weight excluding hydrogens is 286 g/mol. The molecule has 1 saturated carbocycles. The van der Waals surface area contributed by atoms with Crippen LogP contribution in [-0.2, 0) is 16.0 Å². The van der Waals surface area contributed by atoms with Crippen molar-refractivity contribution in [2.24, 2.45) is 17.8 Å². The lowest BCUT2D eigenvalue weighted by Gasteiger charge is -2.19. The molecule has 21 heavy (non-hydrogen) atoms. The maximum atomic E-state index is 12.3. The number of rotatable bonds is 5. The average Bonchev–Trinajstić information content (AvgIpc) is 2.95. The van der Waals surface area contributed by atoms with Crippen molar-refractivity contribution in [2.75, 3.05) is 0 Å². The van der Waals surface area contributed by atoms with Gasteiger partial charge in [-0.1, -0.05) is 6.92 Å². The third kappa shape index (κ3) is 4.06. The van der Waals surface area contributed by atoms with Crippen LogP contribution in [0.25, 0.3) is 0 Å². The van der Waals surface area contributed by atoms with Crippen LogP contribution in [0.1, 0.15) is 36.4 Å². The van der Waals surface area contributed by atoms with E-state index in [0.29, 0.717) is 18.8 Å². The molecule has 4 nitrogen and oxygen atoms in total. The molecule has 0 saturated heterocycles. The first kappa shape index (κ1) is 16.0. The first-order valence-corrected chi connectivity index (χ1v) is 8.27. The van der Waals surface area contributed by atoms with Gasteiger partial charge in [-0.3, -0.25) is 9.59 Å². The Hall–Kier alpha value is -1.36. The van der Waals surface area contributed by atoms with Gasteiger partial charge < -0.3 is 10.4 Å². The summed E-state index contributed by atoms with van der Waals surface area (Å²) < 4.78 is 0. The van der Waals surface area contributed by atoms with E-state index in [4.69, 9.17) is 0 Å². The first-order chi connectivity index (χ1) is 9.86. The van der Waals surface area contributed by atoms with Gasteiger partial charge in [0.1, 0.15) is 0 Å². The van der Waals surface area contributed by atoms with Crippen LogP contribution in [0, 0.1) is 24.7 Å². The van der Waals surface area contributed by atoms with Crippen molar-refractivity contribution in [3.05, 3.63) is 21.9 Å². The zero-order chi connectivity index (χ0) is 15.6. The molecule has 2 N–H and O–H groups in total. The highest BCUT2D eigenvalue weighted by molar-refractivity contribution is 7.11. The van der Waals surface area contributed by atoms with Crippen molar-refractivity contribution >= 4 is 23.2 Å². The van der Waals surface area contributed by atoms with Gasteiger partial charge in [0.2, 0.25) is 5.91 Å². The molecule has 5 heteroatoms. The van der Waals surface area contributed by atoms with Crippen LogP contribution in [-0.4, -0.2) is 23.0 Å². The number of thiophene rings is 1.